The van der Waals surface area contributed by atoms with E-state index in [9.17, 15) is 0 Å². The van der Waals surface area contributed by atoms with Crippen LogP contribution >= 0.6 is 11.3 Å². The Hall–Kier alpha value is -1.78. The Morgan fingerprint density at radius 1 is 1.25 bits per heavy atom. The number of thiophene rings is 1. The predicted octanol–water partition coefficient (Wildman–Crippen LogP) is 3.88. The molecule has 3 heterocycles. The van der Waals surface area contributed by atoms with Crippen molar-refractivity contribution in [2.45, 2.75) is 19.5 Å². The van der Waals surface area contributed by atoms with Gasteiger partial charge in [-0.1, -0.05) is 0 Å². The molecule has 3 nitrogen and oxygen atoms in total. The van der Waals surface area contributed by atoms with E-state index in [1.54, 1.807) is 11.3 Å². The molecule has 102 valence electrons. The van der Waals surface area contributed by atoms with Gasteiger partial charge in [0, 0.05) is 31.2 Å². The molecule has 0 radical (unpaired) electrons. The Balaban J connectivity index is 1.76. The van der Waals surface area contributed by atoms with Gasteiger partial charge in [-0.2, -0.15) is 0 Å². The lowest BCUT2D eigenvalue weighted by atomic mass is 10.1. The van der Waals surface area contributed by atoms with Crippen LogP contribution in [0.1, 0.15) is 24.1 Å². The third-order valence-corrected chi connectivity index (χ3v) is 4.49. The number of hydrogen-bond donors (Lipinski definition) is 0. The van der Waals surface area contributed by atoms with E-state index >= 15 is 0 Å². The van der Waals surface area contributed by atoms with Crippen LogP contribution in [0.5, 0.6) is 0 Å². The Morgan fingerprint density at radius 3 is 2.85 bits per heavy atom. The van der Waals surface area contributed by atoms with Crippen molar-refractivity contribution in [3.63, 3.8) is 0 Å². The number of aromatic nitrogens is 2. The predicted molar refractivity (Wildman–Crippen MR) is 83.7 cm³/mol. The molecule has 0 saturated heterocycles. The molecule has 3 aromatic rings. The molecule has 0 saturated carbocycles. The van der Waals surface area contributed by atoms with Crippen LogP contribution in [0.2, 0.25) is 0 Å². The van der Waals surface area contributed by atoms with Gasteiger partial charge in [-0.15, -0.1) is 11.3 Å². The van der Waals surface area contributed by atoms with Crippen molar-refractivity contribution in [3.8, 4) is 0 Å². The van der Waals surface area contributed by atoms with Crippen LogP contribution in [0.15, 0.2) is 48.2 Å². The molecule has 0 aliphatic heterocycles. The lowest BCUT2D eigenvalue weighted by molar-refractivity contribution is 0.253. The third kappa shape index (κ3) is 2.71. The fraction of sp³-hybridized carbons (Fsp3) is 0.250. The van der Waals surface area contributed by atoms with E-state index < -0.39 is 0 Å². The number of fused-ring (bicyclic) bond motifs is 1. The van der Waals surface area contributed by atoms with E-state index in [0.717, 1.165) is 12.1 Å². The van der Waals surface area contributed by atoms with Crippen molar-refractivity contribution in [2.75, 3.05) is 7.05 Å². The van der Waals surface area contributed by atoms with E-state index in [0.29, 0.717) is 6.04 Å². The molecule has 3 aromatic heterocycles. The minimum Gasteiger partial charge on any atom is -0.295 e. The van der Waals surface area contributed by atoms with Crippen molar-refractivity contribution in [1.82, 2.24) is 14.9 Å². The van der Waals surface area contributed by atoms with Gasteiger partial charge in [0.1, 0.15) is 0 Å². The number of nitrogens with zero attached hydrogens (tertiary/aromatic N) is 3. The second-order valence-corrected chi connectivity index (χ2v) is 5.97. The minimum absolute atomic E-state index is 0.358. The first-order chi connectivity index (χ1) is 9.74. The molecule has 0 spiro atoms. The van der Waals surface area contributed by atoms with E-state index in [1.165, 1.54) is 15.8 Å². The zero-order chi connectivity index (χ0) is 13.9. The second-order valence-electron chi connectivity index (χ2n) is 5.02. The first kappa shape index (κ1) is 13.2. The molecule has 0 bridgehead atoms. The van der Waals surface area contributed by atoms with Crippen molar-refractivity contribution in [3.05, 3.63) is 59.4 Å². The second kappa shape index (κ2) is 5.69. The van der Waals surface area contributed by atoms with Crippen molar-refractivity contribution in [1.29, 1.82) is 0 Å². The minimum atomic E-state index is 0.358. The van der Waals surface area contributed by atoms with Gasteiger partial charge in [0.05, 0.1) is 10.2 Å². The summed E-state index contributed by atoms with van der Waals surface area (Å²) in [5.41, 5.74) is 3.62. The summed E-state index contributed by atoms with van der Waals surface area (Å²) in [6, 6.07) is 8.80. The Labute approximate surface area is 122 Å². The van der Waals surface area contributed by atoms with Crippen LogP contribution in [0, 0.1) is 0 Å². The van der Waals surface area contributed by atoms with Crippen LogP contribution in [0.25, 0.3) is 10.2 Å². The van der Waals surface area contributed by atoms with Gasteiger partial charge in [-0.25, -0.2) is 0 Å². The summed E-state index contributed by atoms with van der Waals surface area (Å²) < 4.78 is 1.26. The number of pyridine rings is 2. The Kier molecular flexibility index (Phi) is 3.76. The smallest absolute Gasteiger partial charge is 0.0809 e. The average molecular weight is 283 g/mol. The summed E-state index contributed by atoms with van der Waals surface area (Å²) in [4.78, 5) is 10.9. The highest BCUT2D eigenvalue weighted by Gasteiger charge is 2.12. The Bertz CT molecular complexity index is 693. The average Bonchev–Trinajstić information content (AvgIpc) is 2.95. The van der Waals surface area contributed by atoms with Gasteiger partial charge >= 0.3 is 0 Å². The molecule has 3 rings (SSSR count). The van der Waals surface area contributed by atoms with Crippen LogP contribution in [-0.4, -0.2) is 21.9 Å². The quantitative estimate of drug-likeness (QED) is 0.727. The van der Waals surface area contributed by atoms with Crippen molar-refractivity contribution >= 4 is 21.6 Å². The highest BCUT2D eigenvalue weighted by atomic mass is 32.1. The molecule has 0 aliphatic rings. The van der Waals surface area contributed by atoms with Gasteiger partial charge < -0.3 is 0 Å². The molecule has 0 aromatic carbocycles. The first-order valence-electron chi connectivity index (χ1n) is 6.66. The van der Waals surface area contributed by atoms with Gasteiger partial charge in [-0.05, 0) is 54.7 Å². The van der Waals surface area contributed by atoms with Gasteiger partial charge in [0.15, 0.2) is 0 Å². The van der Waals surface area contributed by atoms with Gasteiger partial charge in [0.2, 0.25) is 0 Å². The zero-order valence-electron chi connectivity index (χ0n) is 11.7. The molecule has 1 atom stereocenters. The summed E-state index contributed by atoms with van der Waals surface area (Å²) in [6.45, 7) is 3.11. The maximum atomic E-state index is 4.50. The fourth-order valence-corrected chi connectivity index (χ4v) is 3.10. The maximum absolute atomic E-state index is 4.50. The van der Waals surface area contributed by atoms with E-state index in [-0.39, 0.29) is 0 Å². The fourth-order valence-electron chi connectivity index (χ4n) is 2.29. The Morgan fingerprint density at radius 2 is 2.05 bits per heavy atom. The van der Waals surface area contributed by atoms with Crippen LogP contribution in [0.4, 0.5) is 0 Å². The van der Waals surface area contributed by atoms with Gasteiger partial charge in [0.25, 0.3) is 0 Å². The van der Waals surface area contributed by atoms with E-state index in [1.807, 2.05) is 18.6 Å². The molecule has 20 heavy (non-hydrogen) atoms. The molecular weight excluding hydrogens is 266 g/mol. The molecule has 0 amide bonds. The van der Waals surface area contributed by atoms with Gasteiger partial charge in [-0.3, -0.25) is 14.9 Å². The third-order valence-electron chi connectivity index (χ3n) is 3.64. The molecule has 0 N–H and O–H groups in total. The number of rotatable bonds is 4. The summed E-state index contributed by atoms with van der Waals surface area (Å²) in [7, 11) is 2.14. The summed E-state index contributed by atoms with van der Waals surface area (Å²) in [5, 5.41) is 2.09. The van der Waals surface area contributed by atoms with Crippen LogP contribution in [0.3, 0.4) is 0 Å². The molecule has 4 heteroatoms. The number of hydrogen-bond acceptors (Lipinski definition) is 4. The molecule has 0 unspecified atom stereocenters. The molecular formula is C16H17N3S. The molecule has 0 aliphatic carbocycles. The SMILES string of the molecule is C[C@@H](c1ccncc1)N(C)Cc1cnc2ccsc2c1. The molecule has 0 fully saturated rings. The van der Waals surface area contributed by atoms with Crippen molar-refractivity contribution in [2.24, 2.45) is 0 Å². The normalized spacial score (nSPS) is 12.9. The summed E-state index contributed by atoms with van der Waals surface area (Å²) in [5.74, 6) is 0. The standard InChI is InChI=1S/C16H17N3S/c1-12(14-3-6-17-7-4-14)19(2)11-13-9-16-15(18-10-13)5-8-20-16/h3-10,12H,11H2,1-2H3/t12-/m0/s1. The highest BCUT2D eigenvalue weighted by Crippen LogP contribution is 2.23. The lowest BCUT2D eigenvalue weighted by Crippen LogP contribution is -2.21. The lowest BCUT2D eigenvalue weighted by Gasteiger charge is -2.24. The maximum Gasteiger partial charge on any atom is 0.0809 e. The van der Waals surface area contributed by atoms with Crippen molar-refractivity contribution < 1.29 is 0 Å². The highest BCUT2D eigenvalue weighted by molar-refractivity contribution is 7.17. The van der Waals surface area contributed by atoms with Crippen LogP contribution in [-0.2, 0) is 6.54 Å². The van der Waals surface area contributed by atoms with E-state index in [4.69, 9.17) is 0 Å². The monoisotopic (exact) mass is 283 g/mol. The summed E-state index contributed by atoms with van der Waals surface area (Å²) >= 11 is 1.74. The van der Waals surface area contributed by atoms with Crippen LogP contribution < -0.4 is 0 Å². The topological polar surface area (TPSA) is 29.0 Å². The zero-order valence-corrected chi connectivity index (χ0v) is 12.5. The van der Waals surface area contributed by atoms with E-state index in [2.05, 4.69) is 58.5 Å². The first-order valence-corrected chi connectivity index (χ1v) is 7.54. The largest absolute Gasteiger partial charge is 0.295 e. The summed E-state index contributed by atoms with van der Waals surface area (Å²) in [6.07, 6.45) is 5.67.